The van der Waals surface area contributed by atoms with Crippen molar-refractivity contribution in [3.8, 4) is 0 Å². The van der Waals surface area contributed by atoms with Crippen molar-refractivity contribution >= 4 is 5.71 Å². The van der Waals surface area contributed by atoms with Crippen LogP contribution in [0.4, 0.5) is 0 Å². The summed E-state index contributed by atoms with van der Waals surface area (Å²) in [6.07, 6.45) is 2.49. The predicted molar refractivity (Wildman–Crippen MR) is 61.1 cm³/mol. The molecule has 1 aliphatic carbocycles. The molecular weight excluding hydrogens is 190 g/mol. The monoisotopic (exact) mass is 209 g/mol. The summed E-state index contributed by atoms with van der Waals surface area (Å²) >= 11 is 0. The molecule has 0 amide bonds. The van der Waals surface area contributed by atoms with Gasteiger partial charge in [-0.3, -0.25) is 0 Å². The Hall–Kier alpha value is -1.09. The molecule has 0 fully saturated rings. The molecule has 1 aliphatic rings. The van der Waals surface area contributed by atoms with Gasteiger partial charge >= 0.3 is 0 Å². The summed E-state index contributed by atoms with van der Waals surface area (Å²) in [6.45, 7) is 9.67. The van der Waals surface area contributed by atoms with Gasteiger partial charge in [0.15, 0.2) is 0 Å². The summed E-state index contributed by atoms with van der Waals surface area (Å²) in [7, 11) is 0. The molecule has 0 saturated heterocycles. The van der Waals surface area contributed by atoms with Gasteiger partial charge in [-0.2, -0.15) is 0 Å². The van der Waals surface area contributed by atoms with E-state index in [9.17, 15) is 5.11 Å². The zero-order chi connectivity index (χ0) is 11.6. The third-order valence-electron chi connectivity index (χ3n) is 3.19. The number of allylic oxidation sites excluding steroid dienone is 1. The van der Waals surface area contributed by atoms with Gasteiger partial charge in [0.1, 0.15) is 0 Å². The summed E-state index contributed by atoms with van der Waals surface area (Å²) in [5, 5.41) is 22.0. The highest BCUT2D eigenvalue weighted by Crippen LogP contribution is 2.40. The lowest BCUT2D eigenvalue weighted by atomic mass is 9.70. The molecule has 2 N–H and O–H groups in total. The van der Waals surface area contributed by atoms with Crippen LogP contribution in [-0.2, 0) is 0 Å². The Morgan fingerprint density at radius 1 is 1.53 bits per heavy atom. The van der Waals surface area contributed by atoms with E-state index in [-0.39, 0.29) is 5.41 Å². The molecule has 0 aromatic carbocycles. The zero-order valence-electron chi connectivity index (χ0n) is 9.62. The number of aliphatic hydroxyl groups is 1. The Kier molecular flexibility index (Phi) is 3.35. The SMILES string of the molecule is C=CC(O)C1=C(C)/C(=N/O)CCC1(C)C. The fourth-order valence-corrected chi connectivity index (χ4v) is 2.28. The molecule has 0 aromatic heterocycles. The highest BCUT2D eigenvalue weighted by molar-refractivity contribution is 6.01. The van der Waals surface area contributed by atoms with Crippen LogP contribution in [0.1, 0.15) is 33.6 Å². The largest absolute Gasteiger partial charge is 0.411 e. The van der Waals surface area contributed by atoms with E-state index in [1.807, 2.05) is 6.92 Å². The van der Waals surface area contributed by atoms with Crippen molar-refractivity contribution in [3.63, 3.8) is 0 Å². The lowest BCUT2D eigenvalue weighted by Crippen LogP contribution is -2.31. The number of nitrogens with zero attached hydrogens (tertiary/aromatic N) is 1. The average molecular weight is 209 g/mol. The molecule has 0 bridgehead atoms. The van der Waals surface area contributed by atoms with Gasteiger partial charge in [0.05, 0.1) is 11.8 Å². The first-order valence-electron chi connectivity index (χ1n) is 5.17. The molecule has 0 aliphatic heterocycles. The number of rotatable bonds is 2. The molecular formula is C12H19NO2. The molecule has 0 saturated carbocycles. The minimum Gasteiger partial charge on any atom is -0.411 e. The van der Waals surface area contributed by atoms with E-state index >= 15 is 0 Å². The molecule has 0 radical (unpaired) electrons. The van der Waals surface area contributed by atoms with Crippen LogP contribution < -0.4 is 0 Å². The zero-order valence-corrected chi connectivity index (χ0v) is 9.62. The molecule has 84 valence electrons. The van der Waals surface area contributed by atoms with E-state index < -0.39 is 6.10 Å². The highest BCUT2D eigenvalue weighted by Gasteiger charge is 2.34. The highest BCUT2D eigenvalue weighted by atomic mass is 16.4. The van der Waals surface area contributed by atoms with Crippen LogP contribution in [0.25, 0.3) is 0 Å². The molecule has 0 aromatic rings. The normalized spacial score (nSPS) is 25.5. The van der Waals surface area contributed by atoms with E-state index in [1.54, 1.807) is 0 Å². The van der Waals surface area contributed by atoms with Gasteiger partial charge in [-0.25, -0.2) is 0 Å². The second-order valence-corrected chi connectivity index (χ2v) is 4.65. The second-order valence-electron chi connectivity index (χ2n) is 4.65. The van der Waals surface area contributed by atoms with E-state index in [4.69, 9.17) is 5.21 Å². The number of aliphatic hydroxyl groups excluding tert-OH is 1. The third kappa shape index (κ3) is 2.12. The maximum atomic E-state index is 9.89. The van der Waals surface area contributed by atoms with Crippen LogP contribution in [-0.4, -0.2) is 22.1 Å². The van der Waals surface area contributed by atoms with Gasteiger partial charge in [0, 0.05) is 0 Å². The van der Waals surface area contributed by atoms with Crippen molar-refractivity contribution in [2.75, 3.05) is 0 Å². The van der Waals surface area contributed by atoms with Crippen molar-refractivity contribution in [1.29, 1.82) is 0 Å². The van der Waals surface area contributed by atoms with Crippen molar-refractivity contribution in [2.45, 2.75) is 39.7 Å². The van der Waals surface area contributed by atoms with Crippen LogP contribution in [0, 0.1) is 5.41 Å². The summed E-state index contributed by atoms with van der Waals surface area (Å²) in [4.78, 5) is 0. The van der Waals surface area contributed by atoms with Gasteiger partial charge in [0.2, 0.25) is 0 Å². The van der Waals surface area contributed by atoms with Crippen molar-refractivity contribution in [2.24, 2.45) is 10.6 Å². The number of oxime groups is 1. The first-order chi connectivity index (χ1) is 6.94. The van der Waals surface area contributed by atoms with E-state index in [0.717, 1.165) is 24.0 Å². The molecule has 1 rings (SSSR count). The summed E-state index contributed by atoms with van der Waals surface area (Å²) in [5.41, 5.74) is 2.41. The van der Waals surface area contributed by atoms with Gasteiger partial charge in [0.25, 0.3) is 0 Å². The minimum absolute atomic E-state index is 0.0636. The van der Waals surface area contributed by atoms with Crippen LogP contribution in [0.5, 0.6) is 0 Å². The Labute approximate surface area is 90.8 Å². The molecule has 3 heteroatoms. The van der Waals surface area contributed by atoms with Crippen LogP contribution in [0.3, 0.4) is 0 Å². The smallest absolute Gasteiger partial charge is 0.0940 e. The van der Waals surface area contributed by atoms with Crippen LogP contribution in [0.15, 0.2) is 29.0 Å². The Balaban J connectivity index is 3.27. The van der Waals surface area contributed by atoms with Crippen LogP contribution in [0.2, 0.25) is 0 Å². The molecule has 15 heavy (non-hydrogen) atoms. The topological polar surface area (TPSA) is 52.8 Å². The number of hydrogen-bond donors (Lipinski definition) is 2. The fraction of sp³-hybridized carbons (Fsp3) is 0.583. The molecule has 1 unspecified atom stereocenters. The lowest BCUT2D eigenvalue weighted by Gasteiger charge is -2.36. The van der Waals surface area contributed by atoms with Gasteiger partial charge < -0.3 is 10.3 Å². The summed E-state index contributed by atoms with van der Waals surface area (Å²) in [6, 6.07) is 0. The molecule has 3 nitrogen and oxygen atoms in total. The van der Waals surface area contributed by atoms with Gasteiger partial charge in [-0.1, -0.05) is 25.1 Å². The Morgan fingerprint density at radius 3 is 2.60 bits per heavy atom. The first-order valence-corrected chi connectivity index (χ1v) is 5.17. The minimum atomic E-state index is -0.656. The lowest BCUT2D eigenvalue weighted by molar-refractivity contribution is 0.215. The van der Waals surface area contributed by atoms with Gasteiger partial charge in [-0.15, -0.1) is 6.58 Å². The van der Waals surface area contributed by atoms with Gasteiger partial charge in [-0.05, 0) is 36.3 Å². The summed E-state index contributed by atoms with van der Waals surface area (Å²) in [5.74, 6) is 0. The van der Waals surface area contributed by atoms with E-state index in [2.05, 4.69) is 25.6 Å². The second kappa shape index (κ2) is 4.19. The maximum absolute atomic E-state index is 9.89. The molecule has 0 spiro atoms. The van der Waals surface area contributed by atoms with Crippen molar-refractivity contribution in [1.82, 2.24) is 0 Å². The predicted octanol–water partition coefficient (Wildman–Crippen LogP) is 2.50. The van der Waals surface area contributed by atoms with Crippen molar-refractivity contribution < 1.29 is 10.3 Å². The van der Waals surface area contributed by atoms with Crippen molar-refractivity contribution in [3.05, 3.63) is 23.8 Å². The van der Waals surface area contributed by atoms with E-state index in [0.29, 0.717) is 5.71 Å². The Morgan fingerprint density at radius 2 is 2.13 bits per heavy atom. The Bertz CT molecular complexity index is 327. The molecule has 1 atom stereocenters. The fourth-order valence-electron chi connectivity index (χ4n) is 2.28. The first kappa shape index (κ1) is 12.0. The molecule has 0 heterocycles. The summed E-state index contributed by atoms with van der Waals surface area (Å²) < 4.78 is 0. The quantitative estimate of drug-likeness (QED) is 0.417. The van der Waals surface area contributed by atoms with E-state index in [1.165, 1.54) is 6.08 Å². The standard InChI is InChI=1S/C12H19NO2/c1-5-10(14)11-8(2)9(13-15)6-7-12(11,3)4/h5,10,14-15H,1,6-7H2,2-4H3/b13-9+. The average Bonchev–Trinajstić information content (AvgIpc) is 2.17. The van der Waals surface area contributed by atoms with Crippen LogP contribution >= 0.6 is 0 Å². The number of hydrogen-bond acceptors (Lipinski definition) is 3. The third-order valence-corrected chi connectivity index (χ3v) is 3.19. The maximum Gasteiger partial charge on any atom is 0.0940 e.